The fourth-order valence-corrected chi connectivity index (χ4v) is 1.14. The van der Waals surface area contributed by atoms with Crippen molar-refractivity contribution in [3.05, 3.63) is 35.4 Å². The van der Waals surface area contributed by atoms with E-state index in [0.29, 0.717) is 10.6 Å². The molecule has 0 radical (unpaired) electrons. The molecule has 2 heterocycles. The van der Waals surface area contributed by atoms with Gasteiger partial charge < -0.3 is 4.42 Å². The molecule has 0 N–H and O–H groups in total. The highest BCUT2D eigenvalue weighted by Gasteiger charge is 2.02. The third-order valence-electron chi connectivity index (χ3n) is 1.40. The molecular formula is C8H5BrN2O. The van der Waals surface area contributed by atoms with Crippen molar-refractivity contribution in [2.45, 2.75) is 0 Å². The average molecular weight is 225 g/mol. The van der Waals surface area contributed by atoms with Crippen LogP contribution in [0.5, 0.6) is 0 Å². The lowest BCUT2D eigenvalue weighted by Gasteiger charge is -1.91. The Labute approximate surface area is 77.6 Å². The Morgan fingerprint density at radius 1 is 1.25 bits per heavy atom. The first kappa shape index (κ1) is 7.49. The van der Waals surface area contributed by atoms with E-state index in [1.807, 2.05) is 12.1 Å². The molecule has 2 aromatic heterocycles. The normalized spacial score (nSPS) is 10.1. The lowest BCUT2D eigenvalue weighted by atomic mass is 10.3. The minimum atomic E-state index is 0.601. The molecule has 0 bridgehead atoms. The number of hydrogen-bond donors (Lipinski definition) is 0. The first-order chi connectivity index (χ1) is 5.86. The Balaban J connectivity index is 2.45. The van der Waals surface area contributed by atoms with Crippen LogP contribution < -0.4 is 0 Å². The molecule has 12 heavy (non-hydrogen) atoms. The highest BCUT2D eigenvalue weighted by atomic mass is 79.9. The fraction of sp³-hybridized carbons (Fsp3) is 0. The molecule has 0 aliphatic rings. The first-order valence-electron chi connectivity index (χ1n) is 3.38. The lowest BCUT2D eigenvalue weighted by molar-refractivity contribution is 0.549. The molecule has 3 nitrogen and oxygen atoms in total. The third kappa shape index (κ3) is 1.38. The van der Waals surface area contributed by atoms with Crippen molar-refractivity contribution in [2.24, 2.45) is 0 Å². The Morgan fingerprint density at radius 3 is 2.58 bits per heavy atom. The second-order valence-electron chi connectivity index (χ2n) is 2.21. The van der Waals surface area contributed by atoms with Crippen molar-refractivity contribution in [3.63, 3.8) is 0 Å². The summed E-state index contributed by atoms with van der Waals surface area (Å²) in [5.74, 6) is 0.601. The van der Waals surface area contributed by atoms with Gasteiger partial charge in [0, 0.05) is 18.0 Å². The minimum Gasteiger partial charge on any atom is -0.429 e. The lowest BCUT2D eigenvalue weighted by Crippen LogP contribution is -1.75. The monoisotopic (exact) mass is 224 g/mol. The van der Waals surface area contributed by atoms with E-state index in [1.54, 1.807) is 18.6 Å². The van der Waals surface area contributed by atoms with E-state index in [-0.39, 0.29) is 0 Å². The molecule has 0 aromatic carbocycles. The zero-order valence-electron chi connectivity index (χ0n) is 6.07. The summed E-state index contributed by atoms with van der Waals surface area (Å²) < 4.78 is 5.88. The second-order valence-corrected chi connectivity index (χ2v) is 2.99. The van der Waals surface area contributed by atoms with Crippen LogP contribution in [-0.2, 0) is 0 Å². The summed E-state index contributed by atoms with van der Waals surface area (Å²) in [7, 11) is 0. The fourth-order valence-electron chi connectivity index (χ4n) is 0.882. The van der Waals surface area contributed by atoms with Gasteiger partial charge in [-0.2, -0.15) is 0 Å². The number of pyridine rings is 1. The minimum absolute atomic E-state index is 0.601. The predicted molar refractivity (Wildman–Crippen MR) is 47.4 cm³/mol. The van der Waals surface area contributed by atoms with E-state index in [2.05, 4.69) is 25.9 Å². The van der Waals surface area contributed by atoms with Crippen LogP contribution in [0.2, 0.25) is 0 Å². The van der Waals surface area contributed by atoms with Gasteiger partial charge in [-0.25, -0.2) is 4.98 Å². The number of oxazole rings is 1. The van der Waals surface area contributed by atoms with Gasteiger partial charge in [0.1, 0.15) is 0 Å². The molecule has 60 valence electrons. The van der Waals surface area contributed by atoms with Crippen molar-refractivity contribution < 1.29 is 4.42 Å². The number of hydrogen-bond acceptors (Lipinski definition) is 3. The van der Waals surface area contributed by atoms with Crippen LogP contribution in [0, 0.1) is 0 Å². The molecule has 0 saturated carbocycles. The van der Waals surface area contributed by atoms with Gasteiger partial charge in [0.15, 0.2) is 4.67 Å². The van der Waals surface area contributed by atoms with Gasteiger partial charge in [0.05, 0.1) is 6.20 Å². The van der Waals surface area contributed by atoms with Crippen molar-refractivity contribution in [1.29, 1.82) is 0 Å². The van der Waals surface area contributed by atoms with E-state index < -0.39 is 0 Å². The SMILES string of the molecule is Brc1cnc(-c2ccncc2)o1. The van der Waals surface area contributed by atoms with E-state index in [4.69, 9.17) is 4.42 Å². The van der Waals surface area contributed by atoms with Gasteiger partial charge in [-0.1, -0.05) is 0 Å². The molecule has 2 aromatic rings. The first-order valence-corrected chi connectivity index (χ1v) is 4.17. The maximum absolute atomic E-state index is 5.25. The van der Waals surface area contributed by atoms with Crippen LogP contribution in [-0.4, -0.2) is 9.97 Å². The molecule has 2 rings (SSSR count). The van der Waals surface area contributed by atoms with Crippen LogP contribution in [0.4, 0.5) is 0 Å². The van der Waals surface area contributed by atoms with Crippen molar-refractivity contribution >= 4 is 15.9 Å². The van der Waals surface area contributed by atoms with E-state index in [9.17, 15) is 0 Å². The van der Waals surface area contributed by atoms with Crippen LogP contribution in [0.15, 0.2) is 39.8 Å². The van der Waals surface area contributed by atoms with Gasteiger partial charge in [0.25, 0.3) is 0 Å². The molecule has 0 aliphatic carbocycles. The van der Waals surface area contributed by atoms with E-state index in [1.165, 1.54) is 0 Å². The van der Waals surface area contributed by atoms with Gasteiger partial charge in [-0.15, -0.1) is 0 Å². The number of rotatable bonds is 1. The number of aromatic nitrogens is 2. The largest absolute Gasteiger partial charge is 0.429 e. The van der Waals surface area contributed by atoms with Crippen LogP contribution in [0.3, 0.4) is 0 Å². The Kier molecular flexibility index (Phi) is 1.91. The standard InChI is InChI=1S/C8H5BrN2O/c9-7-5-11-8(12-7)6-1-3-10-4-2-6/h1-5H. The highest BCUT2D eigenvalue weighted by molar-refractivity contribution is 9.10. The summed E-state index contributed by atoms with van der Waals surface area (Å²) in [6.07, 6.45) is 5.02. The van der Waals surface area contributed by atoms with Gasteiger partial charge in [0.2, 0.25) is 5.89 Å². The summed E-state index contributed by atoms with van der Waals surface area (Å²) in [6.45, 7) is 0. The molecular weight excluding hydrogens is 220 g/mol. The van der Waals surface area contributed by atoms with Crippen LogP contribution in [0.1, 0.15) is 0 Å². The maximum Gasteiger partial charge on any atom is 0.227 e. The van der Waals surface area contributed by atoms with Gasteiger partial charge in [-0.3, -0.25) is 4.98 Å². The molecule has 4 heteroatoms. The van der Waals surface area contributed by atoms with E-state index in [0.717, 1.165) is 5.56 Å². The van der Waals surface area contributed by atoms with Crippen LogP contribution >= 0.6 is 15.9 Å². The number of nitrogens with zero attached hydrogens (tertiary/aromatic N) is 2. The molecule has 0 atom stereocenters. The summed E-state index contributed by atoms with van der Waals surface area (Å²) in [5.41, 5.74) is 0.927. The summed E-state index contributed by atoms with van der Waals surface area (Å²) >= 11 is 3.18. The zero-order valence-corrected chi connectivity index (χ0v) is 7.65. The summed E-state index contributed by atoms with van der Waals surface area (Å²) in [4.78, 5) is 7.94. The second kappa shape index (κ2) is 3.06. The van der Waals surface area contributed by atoms with Crippen LogP contribution in [0.25, 0.3) is 11.5 Å². The smallest absolute Gasteiger partial charge is 0.227 e. The molecule has 0 unspecified atom stereocenters. The maximum atomic E-state index is 5.25. The van der Waals surface area contributed by atoms with E-state index >= 15 is 0 Å². The van der Waals surface area contributed by atoms with Crippen molar-refractivity contribution in [2.75, 3.05) is 0 Å². The average Bonchev–Trinajstić information content (AvgIpc) is 2.54. The summed E-state index contributed by atoms with van der Waals surface area (Å²) in [6, 6.07) is 3.69. The molecule has 0 saturated heterocycles. The molecule has 0 amide bonds. The molecule has 0 fully saturated rings. The molecule has 0 spiro atoms. The predicted octanol–water partition coefficient (Wildman–Crippen LogP) is 2.50. The third-order valence-corrected chi connectivity index (χ3v) is 1.77. The highest BCUT2D eigenvalue weighted by Crippen LogP contribution is 2.20. The van der Waals surface area contributed by atoms with Gasteiger partial charge in [-0.05, 0) is 28.1 Å². The molecule has 0 aliphatic heterocycles. The zero-order chi connectivity index (χ0) is 8.39. The summed E-state index contributed by atoms with van der Waals surface area (Å²) in [5, 5.41) is 0. The Morgan fingerprint density at radius 2 is 2.00 bits per heavy atom. The quantitative estimate of drug-likeness (QED) is 0.748. The van der Waals surface area contributed by atoms with Crippen molar-refractivity contribution in [1.82, 2.24) is 9.97 Å². The number of halogens is 1. The van der Waals surface area contributed by atoms with Gasteiger partial charge >= 0.3 is 0 Å². The van der Waals surface area contributed by atoms with Crippen molar-refractivity contribution in [3.8, 4) is 11.5 Å². The Bertz CT molecular complexity index is 372. The Hall–Kier alpha value is -1.16. The topological polar surface area (TPSA) is 38.9 Å².